The summed E-state index contributed by atoms with van der Waals surface area (Å²) in [5.41, 5.74) is 1.02. The number of hydrogen-bond acceptors (Lipinski definition) is 5. The highest BCUT2D eigenvalue weighted by Gasteiger charge is 2.71. The van der Waals surface area contributed by atoms with Crippen LogP contribution < -0.4 is 4.74 Å². The van der Waals surface area contributed by atoms with Gasteiger partial charge in [0.15, 0.2) is 0 Å². The van der Waals surface area contributed by atoms with Gasteiger partial charge in [0, 0.05) is 31.3 Å². The second-order valence-electron chi connectivity index (χ2n) is 7.28. The van der Waals surface area contributed by atoms with Gasteiger partial charge in [-0.1, -0.05) is 30.3 Å². The highest BCUT2D eigenvalue weighted by molar-refractivity contribution is 5.96. The minimum Gasteiger partial charge on any atom is -0.477 e. The second-order valence-corrected chi connectivity index (χ2v) is 7.28. The predicted molar refractivity (Wildman–Crippen MR) is 99.5 cm³/mol. The van der Waals surface area contributed by atoms with Gasteiger partial charge in [0.05, 0.1) is 12.7 Å². The van der Waals surface area contributed by atoms with E-state index in [9.17, 15) is 15.0 Å². The first-order chi connectivity index (χ1) is 13.1. The van der Waals surface area contributed by atoms with Crippen LogP contribution in [0.5, 0.6) is 5.88 Å². The van der Waals surface area contributed by atoms with Gasteiger partial charge in [-0.2, -0.15) is 0 Å². The van der Waals surface area contributed by atoms with E-state index in [1.54, 1.807) is 23.2 Å². The van der Waals surface area contributed by atoms with Gasteiger partial charge in [0.1, 0.15) is 5.56 Å². The number of carbonyl (C=O) groups is 1. The molecule has 1 saturated heterocycles. The number of hydrogen-bond donors (Lipinski definition) is 2. The molecule has 2 fully saturated rings. The molecule has 2 aromatic rings. The Hall–Kier alpha value is -2.44. The SMILES string of the molecule is CCOc1ncccc1C(=O)N1C[C@H](O)[C@@]2(C1)[C@H](CO)[C@H]2c1ccccc1. The van der Waals surface area contributed by atoms with Gasteiger partial charge in [-0.05, 0) is 36.5 Å². The number of ether oxygens (including phenoxy) is 1. The molecule has 0 radical (unpaired) electrons. The third kappa shape index (κ3) is 2.80. The summed E-state index contributed by atoms with van der Waals surface area (Å²) in [7, 11) is 0. The lowest BCUT2D eigenvalue weighted by molar-refractivity contribution is 0.0759. The summed E-state index contributed by atoms with van der Waals surface area (Å²) in [5, 5.41) is 20.7. The van der Waals surface area contributed by atoms with E-state index < -0.39 is 11.5 Å². The third-order valence-electron chi connectivity index (χ3n) is 5.97. The van der Waals surface area contributed by atoms with Gasteiger partial charge in [0.25, 0.3) is 5.91 Å². The van der Waals surface area contributed by atoms with Crippen molar-refractivity contribution in [1.29, 1.82) is 0 Å². The van der Waals surface area contributed by atoms with Crippen molar-refractivity contribution in [2.75, 3.05) is 26.3 Å². The zero-order valence-electron chi connectivity index (χ0n) is 15.3. The quantitative estimate of drug-likeness (QED) is 0.839. The average molecular weight is 368 g/mol. The van der Waals surface area contributed by atoms with Crippen molar-refractivity contribution in [3.05, 3.63) is 59.8 Å². The highest BCUT2D eigenvalue weighted by Crippen LogP contribution is 2.68. The van der Waals surface area contributed by atoms with Gasteiger partial charge < -0.3 is 19.8 Å². The van der Waals surface area contributed by atoms with Crippen LogP contribution in [0.15, 0.2) is 48.7 Å². The molecule has 4 rings (SSSR count). The monoisotopic (exact) mass is 368 g/mol. The maximum atomic E-state index is 13.1. The Morgan fingerprint density at radius 1 is 1.30 bits per heavy atom. The molecule has 4 atom stereocenters. The Labute approximate surface area is 158 Å². The van der Waals surface area contributed by atoms with Gasteiger partial charge in [-0.3, -0.25) is 4.79 Å². The Morgan fingerprint density at radius 3 is 2.78 bits per heavy atom. The number of aliphatic hydroxyl groups excluding tert-OH is 2. The van der Waals surface area contributed by atoms with E-state index in [2.05, 4.69) is 4.98 Å². The standard InChI is InChI=1S/C21H24N2O4/c1-2-27-19-15(9-6-10-22-19)20(26)23-11-17(25)21(13-23)16(12-24)18(21)14-7-4-3-5-8-14/h3-10,16-18,24-25H,2,11-13H2,1H3/t16-,17+,18-,21-/m1/s1. The molecule has 1 saturated carbocycles. The largest absolute Gasteiger partial charge is 0.477 e. The summed E-state index contributed by atoms with van der Waals surface area (Å²) < 4.78 is 5.48. The molecule has 1 spiro atoms. The van der Waals surface area contributed by atoms with E-state index in [0.29, 0.717) is 24.6 Å². The number of carbonyl (C=O) groups excluding carboxylic acids is 1. The number of amides is 1. The van der Waals surface area contributed by atoms with Crippen molar-refractivity contribution in [2.24, 2.45) is 11.3 Å². The van der Waals surface area contributed by atoms with Crippen LogP contribution in [0.1, 0.15) is 28.8 Å². The van der Waals surface area contributed by atoms with E-state index in [1.807, 2.05) is 37.3 Å². The van der Waals surface area contributed by atoms with Crippen LogP contribution in [-0.4, -0.2) is 58.4 Å². The molecule has 1 aliphatic carbocycles. The Morgan fingerprint density at radius 2 is 2.07 bits per heavy atom. The van der Waals surface area contributed by atoms with Gasteiger partial charge in [0.2, 0.25) is 5.88 Å². The Kier molecular flexibility index (Phi) is 4.61. The zero-order valence-corrected chi connectivity index (χ0v) is 15.3. The maximum absolute atomic E-state index is 13.1. The fourth-order valence-corrected chi connectivity index (χ4v) is 4.70. The van der Waals surface area contributed by atoms with E-state index in [0.717, 1.165) is 5.56 Å². The summed E-state index contributed by atoms with van der Waals surface area (Å²) in [6, 6.07) is 13.3. The van der Waals surface area contributed by atoms with Crippen LogP contribution >= 0.6 is 0 Å². The molecule has 2 heterocycles. The van der Waals surface area contributed by atoms with Crippen molar-refractivity contribution in [2.45, 2.75) is 18.9 Å². The summed E-state index contributed by atoms with van der Waals surface area (Å²) in [4.78, 5) is 18.9. The first-order valence-electron chi connectivity index (χ1n) is 9.34. The first-order valence-corrected chi connectivity index (χ1v) is 9.34. The van der Waals surface area contributed by atoms with Crippen LogP contribution in [-0.2, 0) is 0 Å². The molecule has 0 bridgehead atoms. The van der Waals surface area contributed by atoms with Gasteiger partial charge in [-0.15, -0.1) is 0 Å². The highest BCUT2D eigenvalue weighted by atomic mass is 16.5. The Bertz CT molecular complexity index is 828. The predicted octanol–water partition coefficient (Wildman–Crippen LogP) is 1.69. The molecular weight excluding hydrogens is 344 g/mol. The lowest BCUT2D eigenvalue weighted by atomic mass is 9.95. The Balaban J connectivity index is 1.60. The molecule has 2 aliphatic rings. The van der Waals surface area contributed by atoms with Crippen LogP contribution in [0, 0.1) is 11.3 Å². The third-order valence-corrected chi connectivity index (χ3v) is 5.97. The molecule has 27 heavy (non-hydrogen) atoms. The summed E-state index contributed by atoms with van der Waals surface area (Å²) >= 11 is 0. The van der Waals surface area contributed by atoms with Crippen molar-refractivity contribution >= 4 is 5.91 Å². The summed E-state index contributed by atoms with van der Waals surface area (Å²) in [6.07, 6.45) is 0.923. The van der Waals surface area contributed by atoms with Crippen LogP contribution in [0.3, 0.4) is 0 Å². The zero-order chi connectivity index (χ0) is 19.0. The molecular formula is C21H24N2O4. The lowest BCUT2D eigenvalue weighted by Crippen LogP contribution is -2.30. The van der Waals surface area contributed by atoms with Crippen molar-refractivity contribution in [1.82, 2.24) is 9.88 Å². The molecule has 1 amide bonds. The second kappa shape index (κ2) is 6.94. The van der Waals surface area contributed by atoms with Crippen LogP contribution in [0.2, 0.25) is 0 Å². The molecule has 0 unspecified atom stereocenters. The van der Waals surface area contributed by atoms with Crippen LogP contribution in [0.25, 0.3) is 0 Å². The van der Waals surface area contributed by atoms with Crippen LogP contribution in [0.4, 0.5) is 0 Å². The van der Waals surface area contributed by atoms with E-state index in [1.165, 1.54) is 0 Å². The topological polar surface area (TPSA) is 82.9 Å². The number of β-amino-alcohol motifs (C(OH)–C–C–N with tert-alkyl or cyclic N) is 1. The molecule has 142 valence electrons. The van der Waals surface area contributed by atoms with Gasteiger partial charge in [-0.25, -0.2) is 4.98 Å². The number of pyridine rings is 1. The fraction of sp³-hybridized carbons (Fsp3) is 0.429. The van der Waals surface area contributed by atoms with Gasteiger partial charge >= 0.3 is 0 Å². The number of rotatable bonds is 5. The molecule has 1 aromatic heterocycles. The van der Waals surface area contributed by atoms with Crippen molar-refractivity contribution < 1.29 is 19.7 Å². The fourth-order valence-electron chi connectivity index (χ4n) is 4.70. The molecule has 2 N–H and O–H groups in total. The lowest BCUT2D eigenvalue weighted by Gasteiger charge is -2.18. The first kappa shape index (κ1) is 17.9. The molecule has 1 aromatic carbocycles. The molecule has 6 heteroatoms. The van der Waals surface area contributed by atoms with Crippen molar-refractivity contribution in [3.63, 3.8) is 0 Å². The number of aliphatic hydroxyl groups is 2. The van der Waals surface area contributed by atoms with E-state index in [4.69, 9.17) is 4.74 Å². The smallest absolute Gasteiger partial charge is 0.259 e. The normalized spacial score (nSPS) is 29.1. The minimum atomic E-state index is -0.670. The van der Waals surface area contributed by atoms with E-state index in [-0.39, 0.29) is 30.9 Å². The average Bonchev–Trinajstić information content (AvgIpc) is 3.23. The van der Waals surface area contributed by atoms with E-state index >= 15 is 0 Å². The molecule has 6 nitrogen and oxygen atoms in total. The number of benzene rings is 1. The number of likely N-dealkylation sites (tertiary alicyclic amines) is 1. The maximum Gasteiger partial charge on any atom is 0.259 e. The minimum absolute atomic E-state index is 0.00423. The summed E-state index contributed by atoms with van der Waals surface area (Å²) in [5.74, 6) is 0.122. The number of nitrogens with zero attached hydrogens (tertiary/aromatic N) is 2. The summed E-state index contributed by atoms with van der Waals surface area (Å²) in [6.45, 7) is 2.93. The van der Waals surface area contributed by atoms with Crippen molar-refractivity contribution in [3.8, 4) is 5.88 Å². The number of aromatic nitrogens is 1. The molecule has 1 aliphatic heterocycles.